The first-order valence-electron chi connectivity index (χ1n) is 16.3. The Hall–Kier alpha value is -4.24. The summed E-state index contributed by atoms with van der Waals surface area (Å²) in [5.74, 6) is -1.99. The molecule has 0 saturated carbocycles. The largest absolute Gasteiger partial charge is 0.471 e. The summed E-state index contributed by atoms with van der Waals surface area (Å²) in [4.78, 5) is 25.3. The Bertz CT molecular complexity index is 1800. The van der Waals surface area contributed by atoms with E-state index in [4.69, 9.17) is 9.47 Å². The van der Waals surface area contributed by atoms with Crippen LogP contribution >= 0.6 is 11.8 Å². The second kappa shape index (κ2) is 15.3. The van der Waals surface area contributed by atoms with Gasteiger partial charge < -0.3 is 29.4 Å². The number of amides is 2. The molecule has 50 heavy (non-hydrogen) atoms. The molecule has 2 aliphatic heterocycles. The van der Waals surface area contributed by atoms with Crippen molar-refractivity contribution >= 4 is 23.6 Å². The molecule has 2 amide bonds. The van der Waals surface area contributed by atoms with E-state index in [0.717, 1.165) is 38.5 Å². The Morgan fingerprint density at radius 1 is 1.00 bits per heavy atom. The normalized spacial score (nSPS) is 22.4. The van der Waals surface area contributed by atoms with E-state index in [1.54, 1.807) is 18.1 Å². The first-order valence-corrected chi connectivity index (χ1v) is 17.3. The minimum atomic E-state index is -5.03. The number of benzene rings is 3. The number of carbonyl (C=O) groups is 2. The SMILES string of the molecule is CC1C(CSc2nncn2C)OC(c2cccc(-c3cccc(CNC(=O)C4CCCN4C(=O)C(F)(F)F)c3)c2)OC1c1ccc(CO)cc1. The van der Waals surface area contributed by atoms with Crippen molar-refractivity contribution in [2.75, 3.05) is 12.3 Å². The molecule has 0 bridgehead atoms. The number of thioether (sulfide) groups is 1. The number of hydrogen-bond donors (Lipinski definition) is 2. The van der Waals surface area contributed by atoms with E-state index in [1.807, 2.05) is 84.4 Å². The predicted octanol–water partition coefficient (Wildman–Crippen LogP) is 5.73. The van der Waals surface area contributed by atoms with Crippen LogP contribution in [0.4, 0.5) is 13.2 Å². The van der Waals surface area contributed by atoms with Crippen LogP contribution in [0, 0.1) is 5.92 Å². The molecule has 2 saturated heterocycles. The van der Waals surface area contributed by atoms with E-state index in [1.165, 1.54) is 0 Å². The number of nitrogens with zero attached hydrogens (tertiary/aromatic N) is 4. The van der Waals surface area contributed by atoms with Crippen LogP contribution in [0.25, 0.3) is 11.1 Å². The lowest BCUT2D eigenvalue weighted by Gasteiger charge is -2.41. The van der Waals surface area contributed by atoms with Gasteiger partial charge in [0.25, 0.3) is 0 Å². The minimum absolute atomic E-state index is 0.00933. The summed E-state index contributed by atoms with van der Waals surface area (Å²) >= 11 is 1.56. The quantitative estimate of drug-likeness (QED) is 0.201. The highest BCUT2D eigenvalue weighted by atomic mass is 32.2. The highest BCUT2D eigenvalue weighted by Gasteiger charge is 2.47. The summed E-state index contributed by atoms with van der Waals surface area (Å²) < 4.78 is 54.3. The standard InChI is InChI=1S/C36H38F3N5O5S/c1-22-30(20-50-35-42-41-21-43(35)2)48-33(49-31(22)25-13-11-23(19-45)12-14-25)28-9-4-8-27(17-28)26-7-3-6-24(16-26)18-40-32(46)29-10-5-15-44(29)34(47)36(37,38)39/h3-4,6-9,11-14,16-17,21-22,29-31,33,45H,5,10,15,18-20H2,1-2H3,(H,40,46). The third kappa shape index (κ3) is 8.04. The number of aliphatic hydroxyl groups excluding tert-OH is 1. The van der Waals surface area contributed by atoms with Gasteiger partial charge in [-0.15, -0.1) is 10.2 Å². The number of ether oxygens (including phenoxy) is 2. The average Bonchev–Trinajstić information content (AvgIpc) is 3.79. The Labute approximate surface area is 292 Å². The van der Waals surface area contributed by atoms with Gasteiger partial charge in [-0.05, 0) is 52.8 Å². The number of halogens is 3. The molecule has 2 fully saturated rings. The summed E-state index contributed by atoms with van der Waals surface area (Å²) in [5, 5.41) is 21.2. The molecule has 0 aliphatic carbocycles. The van der Waals surface area contributed by atoms with Crippen LogP contribution in [0.15, 0.2) is 84.3 Å². The van der Waals surface area contributed by atoms with Gasteiger partial charge in [0.2, 0.25) is 5.91 Å². The van der Waals surface area contributed by atoms with Crippen LogP contribution in [0.2, 0.25) is 0 Å². The van der Waals surface area contributed by atoms with Crippen molar-refractivity contribution in [2.45, 2.75) is 68.8 Å². The van der Waals surface area contributed by atoms with Crippen molar-refractivity contribution in [1.82, 2.24) is 25.0 Å². The molecule has 0 spiro atoms. The number of aliphatic hydroxyl groups is 1. The van der Waals surface area contributed by atoms with Gasteiger partial charge in [-0.1, -0.05) is 79.3 Å². The number of aromatic nitrogens is 3. The lowest BCUT2D eigenvalue weighted by atomic mass is 9.91. The molecular weight excluding hydrogens is 671 g/mol. The lowest BCUT2D eigenvalue weighted by molar-refractivity contribution is -0.268. The van der Waals surface area contributed by atoms with E-state index in [2.05, 4.69) is 22.4 Å². The molecule has 6 rings (SSSR count). The van der Waals surface area contributed by atoms with Gasteiger partial charge in [-0.2, -0.15) is 13.2 Å². The summed E-state index contributed by atoms with van der Waals surface area (Å²) in [6, 6.07) is 21.9. The lowest BCUT2D eigenvalue weighted by Crippen LogP contribution is -2.50. The number of likely N-dealkylation sites (tertiary alicyclic amines) is 1. The van der Waals surface area contributed by atoms with Crippen molar-refractivity contribution in [3.05, 3.63) is 101 Å². The van der Waals surface area contributed by atoms with Crippen LogP contribution in [-0.2, 0) is 39.3 Å². The second-order valence-corrected chi connectivity index (χ2v) is 13.5. The Balaban J connectivity index is 1.18. The van der Waals surface area contributed by atoms with Crippen LogP contribution in [-0.4, -0.2) is 67.2 Å². The fourth-order valence-electron chi connectivity index (χ4n) is 6.35. The zero-order chi connectivity index (χ0) is 35.4. The molecule has 2 aliphatic rings. The maximum atomic E-state index is 13.0. The molecular formula is C36H38F3N5O5S. The van der Waals surface area contributed by atoms with Crippen molar-refractivity contribution in [3.63, 3.8) is 0 Å². The van der Waals surface area contributed by atoms with Crippen molar-refractivity contribution in [3.8, 4) is 11.1 Å². The van der Waals surface area contributed by atoms with Gasteiger partial charge in [0.05, 0.1) is 18.8 Å². The fourth-order valence-corrected chi connectivity index (χ4v) is 7.40. The summed E-state index contributed by atoms with van der Waals surface area (Å²) in [7, 11) is 1.89. The van der Waals surface area contributed by atoms with E-state index in [0.29, 0.717) is 17.1 Å². The highest BCUT2D eigenvalue weighted by molar-refractivity contribution is 7.99. The molecule has 3 heterocycles. The molecule has 5 atom stereocenters. The maximum Gasteiger partial charge on any atom is 0.471 e. The van der Waals surface area contributed by atoms with Crippen LogP contribution in [0.1, 0.15) is 54.4 Å². The molecule has 5 unspecified atom stereocenters. The van der Waals surface area contributed by atoms with Crippen molar-refractivity contribution in [1.29, 1.82) is 0 Å². The van der Waals surface area contributed by atoms with Gasteiger partial charge >= 0.3 is 12.1 Å². The third-order valence-corrected chi connectivity index (χ3v) is 10.2. The summed E-state index contributed by atoms with van der Waals surface area (Å²) in [5.41, 5.74) is 5.10. The fraction of sp³-hybridized carbons (Fsp3) is 0.389. The predicted molar refractivity (Wildman–Crippen MR) is 179 cm³/mol. The Morgan fingerprint density at radius 3 is 2.44 bits per heavy atom. The monoisotopic (exact) mass is 709 g/mol. The number of hydrogen-bond acceptors (Lipinski definition) is 8. The molecule has 4 aromatic rings. The first-order chi connectivity index (χ1) is 24.0. The van der Waals surface area contributed by atoms with Crippen LogP contribution in [0.3, 0.4) is 0 Å². The topological polar surface area (TPSA) is 119 Å². The number of carbonyl (C=O) groups excluding carboxylic acids is 2. The summed E-state index contributed by atoms with van der Waals surface area (Å²) in [6.07, 6.45) is -4.03. The van der Waals surface area contributed by atoms with Gasteiger partial charge in [-0.25, -0.2) is 0 Å². The van der Waals surface area contributed by atoms with Gasteiger partial charge in [0.15, 0.2) is 11.4 Å². The molecule has 0 radical (unpaired) electrons. The van der Waals surface area contributed by atoms with E-state index in [-0.39, 0.29) is 44.2 Å². The first kappa shape index (κ1) is 35.6. The van der Waals surface area contributed by atoms with Gasteiger partial charge in [0.1, 0.15) is 12.4 Å². The number of alkyl halides is 3. The molecule has 1 aromatic heterocycles. The average molecular weight is 710 g/mol. The zero-order valence-corrected chi connectivity index (χ0v) is 28.4. The zero-order valence-electron chi connectivity index (χ0n) is 27.5. The molecule has 14 heteroatoms. The van der Waals surface area contributed by atoms with Gasteiger partial charge in [0, 0.05) is 37.4 Å². The number of aryl methyl sites for hydroxylation is 1. The molecule has 2 N–H and O–H groups in total. The molecule has 3 aromatic carbocycles. The molecule has 10 nitrogen and oxygen atoms in total. The third-order valence-electron chi connectivity index (χ3n) is 9.11. The van der Waals surface area contributed by atoms with Crippen molar-refractivity contribution in [2.24, 2.45) is 13.0 Å². The van der Waals surface area contributed by atoms with Gasteiger partial charge in [-0.3, -0.25) is 9.59 Å². The van der Waals surface area contributed by atoms with Crippen LogP contribution < -0.4 is 5.32 Å². The minimum Gasteiger partial charge on any atom is -0.392 e. The smallest absolute Gasteiger partial charge is 0.392 e. The molecule has 264 valence electrons. The highest BCUT2D eigenvalue weighted by Crippen LogP contribution is 2.43. The Morgan fingerprint density at radius 2 is 1.74 bits per heavy atom. The summed E-state index contributed by atoms with van der Waals surface area (Å²) in [6.45, 7) is 2.03. The second-order valence-electron chi connectivity index (χ2n) is 12.6. The van der Waals surface area contributed by atoms with E-state index in [9.17, 15) is 27.9 Å². The van der Waals surface area contributed by atoms with E-state index < -0.39 is 30.3 Å². The maximum absolute atomic E-state index is 13.0. The number of nitrogens with one attached hydrogen (secondary N) is 1. The Kier molecular flexibility index (Phi) is 10.9. The van der Waals surface area contributed by atoms with Crippen molar-refractivity contribution < 1.29 is 37.3 Å². The van der Waals surface area contributed by atoms with Crippen LogP contribution in [0.5, 0.6) is 0 Å². The number of rotatable bonds is 10. The van der Waals surface area contributed by atoms with E-state index >= 15 is 0 Å².